The molecule has 110 valence electrons. The Morgan fingerprint density at radius 2 is 1.81 bits per heavy atom. The average Bonchev–Trinajstić information content (AvgIpc) is 2.44. The summed E-state index contributed by atoms with van der Waals surface area (Å²) in [5, 5.41) is 0.531. The lowest BCUT2D eigenvalue weighted by Gasteiger charge is -2.03. The van der Waals surface area contributed by atoms with E-state index in [1.165, 1.54) is 11.8 Å². The van der Waals surface area contributed by atoms with Gasteiger partial charge in [0.15, 0.2) is 15.6 Å². The Morgan fingerprint density at radius 3 is 2.38 bits per heavy atom. The molecule has 0 saturated carbocycles. The van der Waals surface area contributed by atoms with E-state index in [4.69, 9.17) is 11.6 Å². The average molecular weight is 341 g/mol. The standard InChI is InChI=1S/C15H13ClO3S2/c1-21(18,19)14-7-5-13(6-8-14)20-10-15(17)11-3-2-4-12(16)9-11/h2-9H,10H2,1H3. The van der Waals surface area contributed by atoms with Crippen LogP contribution in [0.5, 0.6) is 0 Å². The van der Waals surface area contributed by atoms with Gasteiger partial charge >= 0.3 is 0 Å². The van der Waals surface area contributed by atoms with E-state index in [9.17, 15) is 13.2 Å². The second kappa shape index (κ2) is 6.64. The molecule has 6 heteroatoms. The number of carbonyl (C=O) groups excluding carboxylic acids is 1. The van der Waals surface area contributed by atoms with Gasteiger partial charge in [-0.05, 0) is 36.4 Å². The van der Waals surface area contributed by atoms with Gasteiger partial charge in [0, 0.05) is 21.7 Å². The van der Waals surface area contributed by atoms with E-state index < -0.39 is 9.84 Å². The summed E-state index contributed by atoms with van der Waals surface area (Å²) in [5.74, 6) is 0.258. The third-order valence-electron chi connectivity index (χ3n) is 2.77. The highest BCUT2D eigenvalue weighted by atomic mass is 35.5. The fraction of sp³-hybridized carbons (Fsp3) is 0.133. The minimum Gasteiger partial charge on any atom is -0.293 e. The van der Waals surface area contributed by atoms with Gasteiger partial charge in [-0.2, -0.15) is 0 Å². The molecule has 2 aromatic rings. The second-order valence-electron chi connectivity index (χ2n) is 4.47. The van der Waals surface area contributed by atoms with Gasteiger partial charge in [-0.25, -0.2) is 8.42 Å². The van der Waals surface area contributed by atoms with Crippen molar-refractivity contribution in [3.8, 4) is 0 Å². The van der Waals surface area contributed by atoms with Crippen molar-refractivity contribution in [3.05, 3.63) is 59.1 Å². The van der Waals surface area contributed by atoms with Crippen LogP contribution >= 0.6 is 23.4 Å². The molecular formula is C15H13ClO3S2. The fourth-order valence-corrected chi connectivity index (χ4v) is 3.29. The molecule has 0 aliphatic rings. The van der Waals surface area contributed by atoms with Crippen LogP contribution in [0.1, 0.15) is 10.4 Å². The van der Waals surface area contributed by atoms with E-state index in [1.54, 1.807) is 48.5 Å². The van der Waals surface area contributed by atoms with E-state index in [0.29, 0.717) is 10.6 Å². The van der Waals surface area contributed by atoms with Gasteiger partial charge in [0.2, 0.25) is 0 Å². The summed E-state index contributed by atoms with van der Waals surface area (Å²) >= 11 is 7.21. The largest absolute Gasteiger partial charge is 0.293 e. The Morgan fingerprint density at radius 1 is 1.14 bits per heavy atom. The van der Waals surface area contributed by atoms with Crippen LogP contribution in [0.2, 0.25) is 5.02 Å². The van der Waals surface area contributed by atoms with Crippen molar-refractivity contribution in [1.29, 1.82) is 0 Å². The van der Waals surface area contributed by atoms with Crippen LogP contribution in [-0.2, 0) is 9.84 Å². The molecule has 21 heavy (non-hydrogen) atoms. The van der Waals surface area contributed by atoms with Crippen LogP contribution in [0.25, 0.3) is 0 Å². The molecule has 0 aliphatic heterocycles. The van der Waals surface area contributed by atoms with Gasteiger partial charge in [0.1, 0.15) is 0 Å². The van der Waals surface area contributed by atoms with E-state index in [-0.39, 0.29) is 16.4 Å². The smallest absolute Gasteiger partial charge is 0.175 e. The van der Waals surface area contributed by atoms with Crippen molar-refractivity contribution in [3.63, 3.8) is 0 Å². The summed E-state index contributed by atoms with van der Waals surface area (Å²) in [6.07, 6.45) is 1.16. The first kappa shape index (κ1) is 16.1. The molecule has 0 saturated heterocycles. The van der Waals surface area contributed by atoms with Crippen molar-refractivity contribution in [2.45, 2.75) is 9.79 Å². The molecule has 0 bridgehead atoms. The molecule has 0 atom stereocenters. The Labute approximate surface area is 133 Å². The number of hydrogen-bond donors (Lipinski definition) is 0. The van der Waals surface area contributed by atoms with Crippen LogP contribution in [0.3, 0.4) is 0 Å². The van der Waals surface area contributed by atoms with Gasteiger partial charge in [-0.1, -0.05) is 23.7 Å². The van der Waals surface area contributed by atoms with E-state index in [0.717, 1.165) is 11.2 Å². The first-order valence-corrected chi connectivity index (χ1v) is 9.33. The summed E-state index contributed by atoms with van der Waals surface area (Å²) in [5.41, 5.74) is 0.572. The summed E-state index contributed by atoms with van der Waals surface area (Å²) in [4.78, 5) is 13.1. The summed E-state index contributed by atoms with van der Waals surface area (Å²) in [7, 11) is -3.19. The summed E-state index contributed by atoms with van der Waals surface area (Å²) in [6.45, 7) is 0. The monoisotopic (exact) mass is 340 g/mol. The van der Waals surface area contributed by atoms with Crippen LogP contribution in [0.15, 0.2) is 58.3 Å². The van der Waals surface area contributed by atoms with Crippen molar-refractivity contribution >= 4 is 39.0 Å². The molecule has 2 rings (SSSR count). The highest BCUT2D eigenvalue weighted by Gasteiger charge is 2.09. The van der Waals surface area contributed by atoms with Crippen molar-refractivity contribution in [2.75, 3.05) is 12.0 Å². The van der Waals surface area contributed by atoms with Crippen LogP contribution in [-0.4, -0.2) is 26.2 Å². The number of rotatable bonds is 5. The maximum atomic E-state index is 12.0. The maximum absolute atomic E-state index is 12.0. The number of hydrogen-bond acceptors (Lipinski definition) is 4. The van der Waals surface area contributed by atoms with Crippen molar-refractivity contribution in [1.82, 2.24) is 0 Å². The quantitative estimate of drug-likeness (QED) is 0.615. The topological polar surface area (TPSA) is 51.2 Å². The number of sulfone groups is 1. The maximum Gasteiger partial charge on any atom is 0.175 e. The minimum absolute atomic E-state index is 0.0188. The third-order valence-corrected chi connectivity index (χ3v) is 5.14. The molecule has 0 amide bonds. The Hall–Kier alpha value is -1.30. The SMILES string of the molecule is CS(=O)(=O)c1ccc(SCC(=O)c2cccc(Cl)c2)cc1. The second-order valence-corrected chi connectivity index (χ2v) is 7.97. The molecule has 0 aromatic heterocycles. The van der Waals surface area contributed by atoms with E-state index >= 15 is 0 Å². The van der Waals surface area contributed by atoms with Crippen LogP contribution < -0.4 is 0 Å². The molecule has 0 N–H and O–H groups in total. The highest BCUT2D eigenvalue weighted by molar-refractivity contribution is 8.00. The lowest BCUT2D eigenvalue weighted by molar-refractivity contribution is 0.102. The Kier molecular flexibility index (Phi) is 5.08. The van der Waals surface area contributed by atoms with Crippen LogP contribution in [0, 0.1) is 0 Å². The first-order valence-electron chi connectivity index (χ1n) is 6.08. The van der Waals surface area contributed by atoms with Gasteiger partial charge in [0.05, 0.1) is 10.6 Å². The minimum atomic E-state index is -3.19. The normalized spacial score (nSPS) is 11.3. The number of benzene rings is 2. The van der Waals surface area contributed by atoms with E-state index in [2.05, 4.69) is 0 Å². The molecule has 0 unspecified atom stereocenters. The molecule has 0 heterocycles. The molecular weight excluding hydrogens is 328 g/mol. The zero-order valence-electron chi connectivity index (χ0n) is 11.2. The summed E-state index contributed by atoms with van der Waals surface area (Å²) in [6, 6.07) is 13.3. The van der Waals surface area contributed by atoms with Crippen molar-refractivity contribution in [2.24, 2.45) is 0 Å². The predicted octanol–water partition coefficient (Wildman–Crippen LogP) is 3.72. The number of halogens is 1. The van der Waals surface area contributed by atoms with Crippen LogP contribution in [0.4, 0.5) is 0 Å². The molecule has 0 spiro atoms. The molecule has 2 aromatic carbocycles. The number of ketones is 1. The lowest BCUT2D eigenvalue weighted by Crippen LogP contribution is -2.02. The number of carbonyl (C=O) groups is 1. The molecule has 0 radical (unpaired) electrons. The van der Waals surface area contributed by atoms with Gasteiger partial charge < -0.3 is 0 Å². The molecule has 3 nitrogen and oxygen atoms in total. The number of thioether (sulfide) groups is 1. The van der Waals surface area contributed by atoms with E-state index in [1.807, 2.05) is 0 Å². The summed E-state index contributed by atoms with van der Waals surface area (Å²) < 4.78 is 22.7. The Balaban J connectivity index is 2.02. The predicted molar refractivity (Wildman–Crippen MR) is 86.1 cm³/mol. The molecule has 0 aliphatic carbocycles. The highest BCUT2D eigenvalue weighted by Crippen LogP contribution is 2.22. The first-order chi connectivity index (χ1) is 9.86. The zero-order chi connectivity index (χ0) is 15.5. The lowest BCUT2D eigenvalue weighted by atomic mass is 10.1. The van der Waals surface area contributed by atoms with Crippen molar-refractivity contribution < 1.29 is 13.2 Å². The van der Waals surface area contributed by atoms with Gasteiger partial charge in [0.25, 0.3) is 0 Å². The van der Waals surface area contributed by atoms with Gasteiger partial charge in [-0.3, -0.25) is 4.79 Å². The van der Waals surface area contributed by atoms with Gasteiger partial charge in [-0.15, -0.1) is 11.8 Å². The fourth-order valence-electron chi connectivity index (χ4n) is 1.68. The number of Topliss-reactive ketones (excluding diaryl/α,β-unsaturated/α-hetero) is 1. The zero-order valence-corrected chi connectivity index (χ0v) is 13.6. The molecule has 0 fully saturated rings. The third kappa shape index (κ3) is 4.59. The Bertz CT molecular complexity index is 753.